The number of anilines is 2. The number of hydrogen-bond donors (Lipinski definition) is 2. The number of nitrogen functional groups attached to an aromatic ring is 1. The maximum absolute atomic E-state index is 12.9. The monoisotopic (exact) mass is 267 g/mol. The molecule has 4 nitrogen and oxygen atoms in total. The lowest BCUT2D eigenvalue weighted by Gasteiger charge is -2.20. The highest BCUT2D eigenvalue weighted by Gasteiger charge is 2.10. The lowest BCUT2D eigenvalue weighted by atomic mass is 10.2. The Labute approximate surface area is 113 Å². The fourth-order valence-electron chi connectivity index (χ4n) is 1.94. The predicted octanol–water partition coefficient (Wildman–Crippen LogP) is 2.47. The Morgan fingerprint density at radius 3 is 2.47 bits per heavy atom. The first-order valence-corrected chi connectivity index (χ1v) is 6.64. The first-order valence-electron chi connectivity index (χ1n) is 6.64. The quantitative estimate of drug-likeness (QED) is 0.746. The molecule has 5 heteroatoms. The van der Waals surface area contributed by atoms with E-state index in [9.17, 15) is 9.18 Å². The summed E-state index contributed by atoms with van der Waals surface area (Å²) in [4.78, 5) is 14.0. The minimum atomic E-state index is -0.408. The van der Waals surface area contributed by atoms with Gasteiger partial charge in [0.1, 0.15) is 5.82 Å². The Morgan fingerprint density at radius 1 is 1.32 bits per heavy atom. The van der Waals surface area contributed by atoms with Gasteiger partial charge in [-0.3, -0.25) is 9.69 Å². The van der Waals surface area contributed by atoms with E-state index in [0.717, 1.165) is 25.9 Å². The number of amides is 1. The third-order valence-corrected chi connectivity index (χ3v) is 2.73. The first kappa shape index (κ1) is 15.4. The highest BCUT2D eigenvalue weighted by Crippen LogP contribution is 2.18. The molecule has 0 fully saturated rings. The van der Waals surface area contributed by atoms with E-state index in [1.807, 2.05) is 0 Å². The van der Waals surface area contributed by atoms with Gasteiger partial charge in [0.05, 0.1) is 17.9 Å². The third kappa shape index (κ3) is 5.26. The number of hydrogen-bond acceptors (Lipinski definition) is 3. The highest BCUT2D eigenvalue weighted by molar-refractivity contribution is 5.95. The second kappa shape index (κ2) is 7.74. The van der Waals surface area contributed by atoms with Gasteiger partial charge in [-0.15, -0.1) is 0 Å². The number of nitrogens with two attached hydrogens (primary N) is 1. The molecule has 0 heterocycles. The molecule has 1 amide bonds. The van der Waals surface area contributed by atoms with Crippen molar-refractivity contribution in [1.82, 2.24) is 4.90 Å². The van der Waals surface area contributed by atoms with Crippen LogP contribution in [-0.2, 0) is 4.79 Å². The van der Waals surface area contributed by atoms with Gasteiger partial charge in [-0.05, 0) is 44.1 Å². The normalized spacial score (nSPS) is 10.7. The zero-order chi connectivity index (χ0) is 14.3. The van der Waals surface area contributed by atoms with Crippen LogP contribution in [0.1, 0.15) is 26.7 Å². The van der Waals surface area contributed by atoms with Crippen molar-refractivity contribution in [3.8, 4) is 0 Å². The van der Waals surface area contributed by atoms with Crippen molar-refractivity contribution >= 4 is 17.3 Å². The lowest BCUT2D eigenvalue weighted by Crippen LogP contribution is -2.34. The smallest absolute Gasteiger partial charge is 0.238 e. The largest absolute Gasteiger partial charge is 0.397 e. The lowest BCUT2D eigenvalue weighted by molar-refractivity contribution is -0.117. The summed E-state index contributed by atoms with van der Waals surface area (Å²) >= 11 is 0. The van der Waals surface area contributed by atoms with E-state index in [0.29, 0.717) is 12.2 Å². The fraction of sp³-hybridized carbons (Fsp3) is 0.500. The van der Waals surface area contributed by atoms with Crippen molar-refractivity contribution in [3.63, 3.8) is 0 Å². The van der Waals surface area contributed by atoms with E-state index < -0.39 is 5.82 Å². The molecule has 0 unspecified atom stereocenters. The van der Waals surface area contributed by atoms with E-state index in [1.54, 1.807) is 0 Å². The molecule has 0 aliphatic heterocycles. The van der Waals surface area contributed by atoms with Crippen molar-refractivity contribution in [2.75, 3.05) is 30.7 Å². The topological polar surface area (TPSA) is 58.4 Å². The van der Waals surface area contributed by atoms with Crippen molar-refractivity contribution in [2.45, 2.75) is 26.7 Å². The fourth-order valence-corrected chi connectivity index (χ4v) is 1.94. The van der Waals surface area contributed by atoms with Gasteiger partial charge in [0, 0.05) is 0 Å². The first-order chi connectivity index (χ1) is 9.06. The van der Waals surface area contributed by atoms with Crippen LogP contribution in [0.2, 0.25) is 0 Å². The van der Waals surface area contributed by atoms with Crippen LogP contribution in [0.5, 0.6) is 0 Å². The van der Waals surface area contributed by atoms with Crippen LogP contribution >= 0.6 is 0 Å². The van der Waals surface area contributed by atoms with E-state index >= 15 is 0 Å². The zero-order valence-corrected chi connectivity index (χ0v) is 11.6. The van der Waals surface area contributed by atoms with Crippen LogP contribution in [0, 0.1) is 5.82 Å². The van der Waals surface area contributed by atoms with E-state index in [4.69, 9.17) is 5.73 Å². The van der Waals surface area contributed by atoms with Gasteiger partial charge in [-0.2, -0.15) is 0 Å². The molecule has 0 aliphatic rings. The van der Waals surface area contributed by atoms with Crippen LogP contribution in [-0.4, -0.2) is 30.4 Å². The highest BCUT2D eigenvalue weighted by atomic mass is 19.1. The molecule has 0 saturated carbocycles. The molecule has 1 rings (SSSR count). The number of benzene rings is 1. The Hall–Kier alpha value is -1.62. The molecule has 0 atom stereocenters. The molecule has 3 N–H and O–H groups in total. The second-order valence-corrected chi connectivity index (χ2v) is 4.56. The summed E-state index contributed by atoms with van der Waals surface area (Å²) in [5.41, 5.74) is 6.35. The van der Waals surface area contributed by atoms with Crippen LogP contribution in [0.15, 0.2) is 18.2 Å². The summed E-state index contributed by atoms with van der Waals surface area (Å²) < 4.78 is 12.9. The van der Waals surface area contributed by atoms with Gasteiger partial charge >= 0.3 is 0 Å². The molecular formula is C14H22FN3O. The number of rotatable bonds is 7. The number of halogens is 1. The summed E-state index contributed by atoms with van der Waals surface area (Å²) in [6, 6.07) is 3.96. The SMILES string of the molecule is CCCN(CCC)CC(=O)Nc1ccc(F)cc1N. The number of carbonyl (C=O) groups is 1. The zero-order valence-electron chi connectivity index (χ0n) is 11.6. The van der Waals surface area contributed by atoms with Gasteiger partial charge in [0.15, 0.2) is 0 Å². The Morgan fingerprint density at radius 2 is 1.95 bits per heavy atom. The van der Waals surface area contributed by atoms with Gasteiger partial charge in [-0.1, -0.05) is 13.8 Å². The molecule has 0 spiro atoms. The van der Waals surface area contributed by atoms with Gasteiger partial charge < -0.3 is 11.1 Å². The summed E-state index contributed by atoms with van der Waals surface area (Å²) in [6.45, 7) is 6.27. The maximum atomic E-state index is 12.9. The van der Waals surface area contributed by atoms with Gasteiger partial charge in [0.25, 0.3) is 0 Å². The van der Waals surface area contributed by atoms with E-state index in [2.05, 4.69) is 24.1 Å². The molecule has 0 radical (unpaired) electrons. The number of carbonyl (C=O) groups excluding carboxylic acids is 1. The Kier molecular flexibility index (Phi) is 6.29. The third-order valence-electron chi connectivity index (χ3n) is 2.73. The molecular weight excluding hydrogens is 245 g/mol. The van der Waals surface area contributed by atoms with Crippen molar-refractivity contribution in [3.05, 3.63) is 24.0 Å². The van der Waals surface area contributed by atoms with E-state index in [1.165, 1.54) is 18.2 Å². The number of nitrogens with one attached hydrogen (secondary N) is 1. The van der Waals surface area contributed by atoms with Gasteiger partial charge in [0.2, 0.25) is 5.91 Å². The molecule has 0 aliphatic carbocycles. The van der Waals surface area contributed by atoms with Crippen LogP contribution in [0.25, 0.3) is 0 Å². The van der Waals surface area contributed by atoms with E-state index in [-0.39, 0.29) is 11.6 Å². The predicted molar refractivity (Wildman–Crippen MR) is 76.5 cm³/mol. The average Bonchev–Trinajstić information content (AvgIpc) is 2.33. The second-order valence-electron chi connectivity index (χ2n) is 4.56. The minimum absolute atomic E-state index is 0.125. The standard InChI is InChI=1S/C14H22FN3O/c1-3-7-18(8-4-2)10-14(19)17-13-6-5-11(15)9-12(13)16/h5-6,9H,3-4,7-8,10,16H2,1-2H3,(H,17,19). The average molecular weight is 267 g/mol. The Bertz CT molecular complexity index is 417. The minimum Gasteiger partial charge on any atom is -0.397 e. The summed E-state index contributed by atoms with van der Waals surface area (Å²) in [6.07, 6.45) is 2.01. The van der Waals surface area contributed by atoms with Crippen molar-refractivity contribution < 1.29 is 9.18 Å². The molecule has 0 saturated heterocycles. The summed E-state index contributed by atoms with van der Waals surface area (Å²) in [5.74, 6) is -0.533. The molecule has 106 valence electrons. The maximum Gasteiger partial charge on any atom is 0.238 e. The molecule has 0 aromatic heterocycles. The molecule has 1 aromatic rings. The van der Waals surface area contributed by atoms with Crippen molar-refractivity contribution in [2.24, 2.45) is 0 Å². The van der Waals surface area contributed by atoms with Crippen LogP contribution in [0.3, 0.4) is 0 Å². The van der Waals surface area contributed by atoms with Crippen molar-refractivity contribution in [1.29, 1.82) is 0 Å². The van der Waals surface area contributed by atoms with Gasteiger partial charge in [-0.25, -0.2) is 4.39 Å². The van der Waals surface area contributed by atoms with Crippen LogP contribution < -0.4 is 11.1 Å². The number of nitrogens with zero attached hydrogens (tertiary/aromatic N) is 1. The molecule has 0 bridgehead atoms. The molecule has 1 aromatic carbocycles. The Balaban J connectivity index is 2.58. The van der Waals surface area contributed by atoms with Crippen LogP contribution in [0.4, 0.5) is 15.8 Å². The summed E-state index contributed by atoms with van der Waals surface area (Å²) in [5, 5.41) is 2.71. The molecule has 19 heavy (non-hydrogen) atoms. The summed E-state index contributed by atoms with van der Waals surface area (Å²) in [7, 11) is 0.